The van der Waals surface area contributed by atoms with E-state index in [0.29, 0.717) is 5.92 Å². The van der Waals surface area contributed by atoms with Crippen molar-refractivity contribution in [3.63, 3.8) is 0 Å². The van der Waals surface area contributed by atoms with Crippen LogP contribution >= 0.6 is 0 Å². The second-order valence-electron chi connectivity index (χ2n) is 5.63. The van der Waals surface area contributed by atoms with Crippen LogP contribution in [-0.4, -0.2) is 30.1 Å². The zero-order chi connectivity index (χ0) is 12.0. The van der Waals surface area contributed by atoms with Gasteiger partial charge >= 0.3 is 0 Å². The van der Waals surface area contributed by atoms with Gasteiger partial charge in [-0.15, -0.1) is 0 Å². The number of nitrogens with one attached hydrogen (secondary N) is 1. The summed E-state index contributed by atoms with van der Waals surface area (Å²) >= 11 is 0. The highest BCUT2D eigenvalue weighted by molar-refractivity contribution is 5.66. The van der Waals surface area contributed by atoms with Gasteiger partial charge in [-0.25, -0.2) is 0 Å². The molecule has 1 aromatic carbocycles. The van der Waals surface area contributed by atoms with E-state index in [4.69, 9.17) is 4.84 Å². The molecule has 1 atom stereocenters. The van der Waals surface area contributed by atoms with Gasteiger partial charge in [0.05, 0.1) is 5.70 Å². The maximum atomic E-state index is 6.00. The van der Waals surface area contributed by atoms with Gasteiger partial charge in [-0.05, 0) is 43.5 Å². The summed E-state index contributed by atoms with van der Waals surface area (Å²) in [5.41, 5.74) is 5.41. The molecule has 3 saturated heterocycles. The number of fused-ring (bicyclic) bond motifs is 2. The van der Waals surface area contributed by atoms with Gasteiger partial charge in [-0.1, -0.05) is 30.3 Å². The molecule has 5 rings (SSSR count). The van der Waals surface area contributed by atoms with Crippen molar-refractivity contribution in [3.8, 4) is 0 Å². The normalized spacial score (nSPS) is 37.7. The third-order valence-corrected chi connectivity index (χ3v) is 4.57. The van der Waals surface area contributed by atoms with Crippen molar-refractivity contribution < 1.29 is 4.84 Å². The highest BCUT2D eigenvalue weighted by Crippen LogP contribution is 2.42. The Morgan fingerprint density at radius 1 is 1.17 bits per heavy atom. The maximum Gasteiger partial charge on any atom is 0.132 e. The van der Waals surface area contributed by atoms with Gasteiger partial charge in [0.15, 0.2) is 0 Å². The van der Waals surface area contributed by atoms with E-state index < -0.39 is 0 Å². The Bertz CT molecular complexity index is 477. The lowest BCUT2D eigenvalue weighted by Crippen LogP contribution is -2.58. The first kappa shape index (κ1) is 10.6. The van der Waals surface area contributed by atoms with Crippen LogP contribution in [0.1, 0.15) is 18.4 Å². The monoisotopic (exact) mass is 242 g/mol. The van der Waals surface area contributed by atoms with Gasteiger partial charge in [0.2, 0.25) is 0 Å². The molecule has 1 aromatic rings. The molecule has 3 heteroatoms. The number of piperidine rings is 3. The summed E-state index contributed by atoms with van der Waals surface area (Å²) in [6.07, 6.45) is 4.85. The zero-order valence-corrected chi connectivity index (χ0v) is 10.4. The number of hydrogen-bond donors (Lipinski definition) is 1. The molecule has 18 heavy (non-hydrogen) atoms. The minimum absolute atomic E-state index is 0.0817. The second kappa shape index (κ2) is 3.84. The van der Waals surface area contributed by atoms with E-state index in [1.165, 1.54) is 31.5 Å². The molecule has 94 valence electrons. The van der Waals surface area contributed by atoms with Crippen molar-refractivity contribution in [2.75, 3.05) is 19.6 Å². The lowest BCUT2D eigenvalue weighted by Gasteiger charge is -2.49. The lowest BCUT2D eigenvalue weighted by molar-refractivity contribution is -0.135. The Morgan fingerprint density at radius 2 is 1.94 bits per heavy atom. The first-order valence-corrected chi connectivity index (χ1v) is 6.80. The molecule has 2 bridgehead atoms. The number of nitrogens with zero attached hydrogens (tertiary/aromatic N) is 1. The van der Waals surface area contributed by atoms with Crippen LogP contribution in [0.25, 0.3) is 5.70 Å². The summed E-state index contributed by atoms with van der Waals surface area (Å²) in [6, 6.07) is 10.4. The van der Waals surface area contributed by atoms with Crippen LogP contribution < -0.4 is 5.48 Å². The Kier molecular flexibility index (Phi) is 2.26. The molecule has 3 nitrogen and oxygen atoms in total. The van der Waals surface area contributed by atoms with Crippen LogP contribution in [0.3, 0.4) is 0 Å². The maximum absolute atomic E-state index is 6.00. The molecule has 1 N–H and O–H groups in total. The highest BCUT2D eigenvalue weighted by Gasteiger charge is 2.49. The Morgan fingerprint density at radius 3 is 2.61 bits per heavy atom. The number of hydrogen-bond acceptors (Lipinski definition) is 3. The van der Waals surface area contributed by atoms with Gasteiger partial charge < -0.3 is 0 Å². The van der Waals surface area contributed by atoms with Crippen molar-refractivity contribution >= 4 is 5.70 Å². The van der Waals surface area contributed by atoms with Gasteiger partial charge in [0, 0.05) is 6.54 Å². The Hall–Kier alpha value is -1.32. The molecular weight excluding hydrogens is 224 g/mol. The zero-order valence-electron chi connectivity index (χ0n) is 10.4. The van der Waals surface area contributed by atoms with Crippen molar-refractivity contribution in [2.45, 2.75) is 18.4 Å². The van der Waals surface area contributed by atoms with Gasteiger partial charge in [-0.2, -0.15) is 0 Å². The standard InChI is InChI=1S/C15H18N2O/c1-2-4-12(5-3-1)14-10-15(18-16-14)11-17-8-6-13(15)7-9-17/h1-5,10,13,16H,6-9,11H2. The molecule has 0 amide bonds. The minimum atomic E-state index is -0.0817. The number of benzene rings is 1. The van der Waals surface area contributed by atoms with Crippen molar-refractivity contribution in [1.29, 1.82) is 0 Å². The predicted molar refractivity (Wildman–Crippen MR) is 70.5 cm³/mol. The van der Waals surface area contributed by atoms with Crippen molar-refractivity contribution in [3.05, 3.63) is 42.0 Å². The molecule has 0 aromatic heterocycles. The van der Waals surface area contributed by atoms with Gasteiger partial charge in [0.1, 0.15) is 5.60 Å². The van der Waals surface area contributed by atoms with E-state index in [0.717, 1.165) is 12.2 Å². The molecule has 1 spiro atoms. The lowest BCUT2D eigenvalue weighted by atomic mass is 9.75. The quantitative estimate of drug-likeness (QED) is 0.815. The third kappa shape index (κ3) is 1.51. The fourth-order valence-corrected chi connectivity index (χ4v) is 3.55. The largest absolute Gasteiger partial charge is 0.300 e. The van der Waals surface area contributed by atoms with Crippen molar-refractivity contribution in [1.82, 2.24) is 10.4 Å². The molecule has 0 aliphatic carbocycles. The number of rotatable bonds is 1. The molecular formula is C15H18N2O. The summed E-state index contributed by atoms with van der Waals surface area (Å²) in [4.78, 5) is 8.52. The van der Waals surface area contributed by atoms with Crippen LogP contribution in [0.5, 0.6) is 0 Å². The molecule has 0 saturated carbocycles. The summed E-state index contributed by atoms with van der Waals surface area (Å²) in [6.45, 7) is 3.52. The second-order valence-corrected chi connectivity index (χ2v) is 5.63. The van der Waals surface area contributed by atoms with Crippen LogP contribution in [-0.2, 0) is 4.84 Å². The van der Waals surface area contributed by atoms with Crippen molar-refractivity contribution in [2.24, 2.45) is 5.92 Å². The number of hydroxylamine groups is 1. The SMILES string of the molecule is C1=C(c2ccccc2)NOC12CN1CCC2CC1. The topological polar surface area (TPSA) is 24.5 Å². The van der Waals surface area contributed by atoms with E-state index >= 15 is 0 Å². The predicted octanol–water partition coefficient (Wildman–Crippen LogP) is 2.03. The molecule has 4 aliphatic heterocycles. The third-order valence-electron chi connectivity index (χ3n) is 4.57. The fraction of sp³-hybridized carbons (Fsp3) is 0.467. The van der Waals surface area contributed by atoms with Crippen LogP contribution in [0, 0.1) is 5.92 Å². The van der Waals surface area contributed by atoms with Gasteiger partial charge in [-0.3, -0.25) is 15.2 Å². The first-order chi connectivity index (χ1) is 8.86. The average molecular weight is 242 g/mol. The summed E-state index contributed by atoms with van der Waals surface area (Å²) < 4.78 is 0. The average Bonchev–Trinajstić information content (AvgIpc) is 2.85. The Balaban J connectivity index is 1.67. The Labute approximate surface area is 107 Å². The summed E-state index contributed by atoms with van der Waals surface area (Å²) in [7, 11) is 0. The first-order valence-electron chi connectivity index (χ1n) is 6.80. The summed E-state index contributed by atoms with van der Waals surface area (Å²) in [5.74, 6) is 0.677. The van der Waals surface area contributed by atoms with Crippen LogP contribution in [0.4, 0.5) is 0 Å². The van der Waals surface area contributed by atoms with Crippen LogP contribution in [0.2, 0.25) is 0 Å². The molecule has 4 heterocycles. The van der Waals surface area contributed by atoms with Crippen LogP contribution in [0.15, 0.2) is 36.4 Å². The molecule has 4 aliphatic rings. The highest BCUT2D eigenvalue weighted by atomic mass is 16.7. The fourth-order valence-electron chi connectivity index (χ4n) is 3.55. The molecule has 0 radical (unpaired) electrons. The van der Waals surface area contributed by atoms with E-state index in [1.807, 2.05) is 6.07 Å². The minimum Gasteiger partial charge on any atom is -0.300 e. The summed E-state index contributed by atoms with van der Waals surface area (Å²) in [5, 5.41) is 0. The van der Waals surface area contributed by atoms with E-state index in [2.05, 4.69) is 40.7 Å². The van der Waals surface area contributed by atoms with Gasteiger partial charge in [0.25, 0.3) is 0 Å². The smallest absolute Gasteiger partial charge is 0.132 e. The molecule has 3 fully saturated rings. The van der Waals surface area contributed by atoms with E-state index in [-0.39, 0.29) is 5.60 Å². The molecule has 1 unspecified atom stereocenters. The van der Waals surface area contributed by atoms with E-state index in [9.17, 15) is 0 Å². The van der Waals surface area contributed by atoms with E-state index in [1.54, 1.807) is 0 Å².